The molecule has 0 amide bonds. The number of rotatable bonds is 11. The van der Waals surface area contributed by atoms with Crippen LogP contribution in [-0.2, 0) is 19.5 Å². The third kappa shape index (κ3) is 5.79. The van der Waals surface area contributed by atoms with E-state index in [4.69, 9.17) is 0 Å². The van der Waals surface area contributed by atoms with E-state index in [1.165, 1.54) is 5.56 Å². The number of aromatic nitrogens is 7. The molecule has 8 heteroatoms. The highest BCUT2D eigenvalue weighted by molar-refractivity contribution is 7.99. The molecule has 2 aromatic heterocycles. The van der Waals surface area contributed by atoms with Crippen LogP contribution in [-0.4, -0.2) is 40.7 Å². The van der Waals surface area contributed by atoms with Gasteiger partial charge in [-0.15, -0.1) is 20.4 Å². The molecule has 0 aliphatic heterocycles. The van der Waals surface area contributed by atoms with Crippen LogP contribution in [0.15, 0.2) is 65.8 Å². The van der Waals surface area contributed by atoms with Gasteiger partial charge in [0.1, 0.15) is 5.82 Å². The molecule has 31 heavy (non-hydrogen) atoms. The van der Waals surface area contributed by atoms with Gasteiger partial charge in [-0.2, -0.15) is 4.80 Å². The van der Waals surface area contributed by atoms with E-state index in [0.29, 0.717) is 5.82 Å². The second kappa shape index (κ2) is 10.9. The van der Waals surface area contributed by atoms with Gasteiger partial charge in [0.2, 0.25) is 5.82 Å². The van der Waals surface area contributed by atoms with Crippen molar-refractivity contribution in [3.63, 3.8) is 0 Å². The van der Waals surface area contributed by atoms with Gasteiger partial charge in [-0.25, -0.2) is 0 Å². The second-order valence-corrected chi connectivity index (χ2v) is 8.35. The summed E-state index contributed by atoms with van der Waals surface area (Å²) in [7, 11) is 0. The van der Waals surface area contributed by atoms with Crippen LogP contribution in [0.4, 0.5) is 0 Å². The fourth-order valence-corrected chi connectivity index (χ4v) is 4.41. The Balaban J connectivity index is 1.20. The van der Waals surface area contributed by atoms with Crippen LogP contribution in [0.2, 0.25) is 0 Å². The van der Waals surface area contributed by atoms with Crippen molar-refractivity contribution in [3.8, 4) is 11.4 Å². The van der Waals surface area contributed by atoms with Gasteiger partial charge in [-0.3, -0.25) is 0 Å². The SMILES string of the molecule is CCn1c(Cc2ccccc2)nnc1SCCCCCn1nnc(-c2ccccc2)n1. The van der Waals surface area contributed by atoms with Crippen LogP contribution in [0.1, 0.15) is 37.6 Å². The van der Waals surface area contributed by atoms with Gasteiger partial charge in [-0.1, -0.05) is 78.8 Å². The normalized spacial score (nSPS) is 11.1. The van der Waals surface area contributed by atoms with E-state index < -0.39 is 0 Å². The quantitative estimate of drug-likeness (QED) is 0.256. The maximum atomic E-state index is 4.47. The first-order valence-electron chi connectivity index (χ1n) is 10.8. The molecular formula is C23H27N7S. The maximum absolute atomic E-state index is 4.47. The zero-order valence-corrected chi connectivity index (χ0v) is 18.6. The van der Waals surface area contributed by atoms with E-state index in [9.17, 15) is 0 Å². The smallest absolute Gasteiger partial charge is 0.204 e. The van der Waals surface area contributed by atoms with E-state index in [0.717, 1.165) is 61.1 Å². The largest absolute Gasteiger partial charge is 0.306 e. The lowest BCUT2D eigenvalue weighted by atomic mass is 10.1. The summed E-state index contributed by atoms with van der Waals surface area (Å²) in [4.78, 5) is 1.69. The first-order valence-corrected chi connectivity index (χ1v) is 11.7. The molecule has 0 aliphatic rings. The van der Waals surface area contributed by atoms with Gasteiger partial charge in [0.25, 0.3) is 0 Å². The van der Waals surface area contributed by atoms with Crippen LogP contribution in [0.25, 0.3) is 11.4 Å². The highest BCUT2D eigenvalue weighted by Crippen LogP contribution is 2.20. The summed E-state index contributed by atoms with van der Waals surface area (Å²) < 4.78 is 2.22. The number of nitrogens with zero attached hydrogens (tertiary/aromatic N) is 7. The lowest BCUT2D eigenvalue weighted by molar-refractivity contribution is 0.486. The molecule has 0 fully saturated rings. The van der Waals surface area contributed by atoms with Crippen molar-refractivity contribution < 1.29 is 0 Å². The first-order chi connectivity index (χ1) is 15.3. The lowest BCUT2D eigenvalue weighted by Gasteiger charge is -2.07. The number of aryl methyl sites for hydroxylation is 1. The van der Waals surface area contributed by atoms with E-state index in [-0.39, 0.29) is 0 Å². The lowest BCUT2D eigenvalue weighted by Crippen LogP contribution is -2.04. The molecule has 2 aromatic carbocycles. The van der Waals surface area contributed by atoms with E-state index in [1.807, 2.05) is 36.4 Å². The molecule has 4 aromatic rings. The van der Waals surface area contributed by atoms with Gasteiger partial charge >= 0.3 is 0 Å². The third-order valence-electron chi connectivity index (χ3n) is 5.03. The predicted octanol–water partition coefficient (Wildman–Crippen LogP) is 4.50. The predicted molar refractivity (Wildman–Crippen MR) is 123 cm³/mol. The zero-order valence-electron chi connectivity index (χ0n) is 17.8. The van der Waals surface area contributed by atoms with Crippen molar-refractivity contribution in [2.75, 3.05) is 5.75 Å². The molecule has 2 heterocycles. The number of tetrazole rings is 1. The Morgan fingerprint density at radius 2 is 1.61 bits per heavy atom. The van der Waals surface area contributed by atoms with Crippen molar-refractivity contribution in [1.29, 1.82) is 0 Å². The van der Waals surface area contributed by atoms with Gasteiger partial charge < -0.3 is 4.57 Å². The Morgan fingerprint density at radius 1 is 0.839 bits per heavy atom. The van der Waals surface area contributed by atoms with Gasteiger partial charge in [0.15, 0.2) is 5.16 Å². The molecular weight excluding hydrogens is 406 g/mol. The summed E-state index contributed by atoms with van der Waals surface area (Å²) >= 11 is 1.79. The first kappa shape index (κ1) is 21.2. The van der Waals surface area contributed by atoms with E-state index in [2.05, 4.69) is 61.4 Å². The number of thioether (sulfide) groups is 1. The molecule has 7 nitrogen and oxygen atoms in total. The summed E-state index contributed by atoms with van der Waals surface area (Å²) in [6.07, 6.45) is 4.09. The Labute approximate surface area is 186 Å². The summed E-state index contributed by atoms with van der Waals surface area (Å²) in [5.74, 6) is 2.74. The molecule has 0 spiro atoms. The van der Waals surface area contributed by atoms with Gasteiger partial charge in [0.05, 0.1) is 6.54 Å². The van der Waals surface area contributed by atoms with Crippen LogP contribution < -0.4 is 0 Å². The van der Waals surface area contributed by atoms with Crippen molar-refractivity contribution >= 4 is 11.8 Å². The second-order valence-electron chi connectivity index (χ2n) is 7.29. The number of hydrogen-bond donors (Lipinski definition) is 0. The minimum Gasteiger partial charge on any atom is -0.306 e. The van der Waals surface area contributed by atoms with Crippen LogP contribution in [0.3, 0.4) is 0 Å². The average Bonchev–Trinajstić information content (AvgIpc) is 3.44. The van der Waals surface area contributed by atoms with Gasteiger partial charge in [0, 0.05) is 24.3 Å². The van der Waals surface area contributed by atoms with E-state index in [1.54, 1.807) is 16.6 Å². The molecule has 0 saturated carbocycles. The third-order valence-corrected chi connectivity index (χ3v) is 6.09. The zero-order chi connectivity index (χ0) is 21.3. The van der Waals surface area contributed by atoms with Crippen molar-refractivity contribution in [1.82, 2.24) is 35.0 Å². The molecule has 0 bridgehead atoms. The molecule has 0 unspecified atom stereocenters. The Hall–Kier alpha value is -3.00. The molecule has 4 rings (SSSR count). The highest BCUT2D eigenvalue weighted by Gasteiger charge is 2.11. The Kier molecular flexibility index (Phi) is 7.44. The summed E-state index contributed by atoms with van der Waals surface area (Å²) in [5, 5.41) is 22.7. The summed E-state index contributed by atoms with van der Waals surface area (Å²) in [6.45, 7) is 3.83. The molecule has 0 atom stereocenters. The van der Waals surface area contributed by atoms with Crippen LogP contribution >= 0.6 is 11.8 Å². The Bertz CT molecular complexity index is 1060. The van der Waals surface area contributed by atoms with Crippen molar-refractivity contribution in [2.24, 2.45) is 0 Å². The summed E-state index contributed by atoms with van der Waals surface area (Å²) in [6, 6.07) is 20.4. The van der Waals surface area contributed by atoms with E-state index >= 15 is 0 Å². The summed E-state index contributed by atoms with van der Waals surface area (Å²) in [5.41, 5.74) is 2.26. The minimum atomic E-state index is 0.682. The molecule has 0 N–H and O–H groups in total. The maximum Gasteiger partial charge on any atom is 0.204 e. The van der Waals surface area contributed by atoms with Crippen LogP contribution in [0, 0.1) is 0 Å². The Morgan fingerprint density at radius 3 is 2.39 bits per heavy atom. The van der Waals surface area contributed by atoms with Crippen molar-refractivity contribution in [3.05, 3.63) is 72.1 Å². The molecule has 0 radical (unpaired) electrons. The molecule has 0 aliphatic carbocycles. The van der Waals surface area contributed by atoms with Crippen LogP contribution in [0.5, 0.6) is 0 Å². The minimum absolute atomic E-state index is 0.682. The average molecular weight is 434 g/mol. The highest BCUT2D eigenvalue weighted by atomic mass is 32.2. The number of hydrogen-bond acceptors (Lipinski definition) is 6. The molecule has 0 saturated heterocycles. The fourth-order valence-electron chi connectivity index (χ4n) is 3.39. The topological polar surface area (TPSA) is 74.3 Å². The standard InChI is InChI=1S/C23H27N7S/c1-2-29-21(18-19-12-6-3-7-13-19)24-26-23(29)31-17-11-5-10-16-30-27-22(25-28-30)20-14-8-4-9-15-20/h3-4,6-9,12-15H,2,5,10-11,16-18H2,1H3. The van der Waals surface area contributed by atoms with Gasteiger partial charge in [-0.05, 0) is 30.5 Å². The number of unbranched alkanes of at least 4 members (excludes halogenated alkanes) is 2. The molecule has 160 valence electrons. The van der Waals surface area contributed by atoms with Crippen molar-refractivity contribution in [2.45, 2.75) is 50.9 Å². The monoisotopic (exact) mass is 433 g/mol. The fraction of sp³-hybridized carbons (Fsp3) is 0.348. The number of benzene rings is 2.